The highest BCUT2D eigenvalue weighted by Gasteiger charge is 2.38. The molecule has 0 spiro atoms. The van der Waals surface area contributed by atoms with Gasteiger partial charge in [0.15, 0.2) is 14.1 Å². The number of hydrogen-bond acceptors (Lipinski definition) is 8. The molecular weight excluding hydrogens is 826 g/mol. The van der Waals surface area contributed by atoms with E-state index in [4.69, 9.17) is 21.0 Å². The van der Waals surface area contributed by atoms with Crippen molar-refractivity contribution >= 4 is 58.3 Å². The molecule has 2 N–H and O–H groups in total. The summed E-state index contributed by atoms with van der Waals surface area (Å²) in [5, 5.41) is 5.28. The summed E-state index contributed by atoms with van der Waals surface area (Å²) >= 11 is 6.38. The zero-order valence-corrected chi connectivity index (χ0v) is 39.1. The number of carbonyl (C=O) groups is 3. The first kappa shape index (κ1) is 45.9. The van der Waals surface area contributed by atoms with Crippen LogP contribution in [-0.2, 0) is 34.5 Å². The molecule has 5 aromatic rings. The van der Waals surface area contributed by atoms with Gasteiger partial charge in [-0.1, -0.05) is 95.5 Å². The second-order valence-corrected chi connectivity index (χ2v) is 24.4. The van der Waals surface area contributed by atoms with Crippen LogP contribution in [0.1, 0.15) is 108 Å². The smallest absolute Gasteiger partial charge is 0.274 e. The zero-order valence-electron chi connectivity index (χ0n) is 36.5. The van der Waals surface area contributed by atoms with Gasteiger partial charge in [-0.25, -0.2) is 18.1 Å². The molecule has 1 atom stereocenters. The van der Waals surface area contributed by atoms with E-state index in [9.17, 15) is 18.0 Å². The van der Waals surface area contributed by atoms with Crippen LogP contribution in [-0.4, -0.2) is 74.5 Å². The van der Waals surface area contributed by atoms with Gasteiger partial charge in [0, 0.05) is 78.2 Å². The van der Waals surface area contributed by atoms with Crippen molar-refractivity contribution in [3.8, 4) is 11.4 Å². The Bertz CT molecular complexity index is 2560. The first-order chi connectivity index (χ1) is 28.8. The predicted octanol–water partition coefficient (Wildman–Crippen LogP) is 9.32. The maximum absolute atomic E-state index is 15.1. The lowest BCUT2D eigenvalue weighted by atomic mass is 9.86. The highest BCUT2D eigenvalue weighted by atomic mass is 35.5. The fourth-order valence-corrected chi connectivity index (χ4v) is 9.59. The lowest BCUT2D eigenvalue weighted by Crippen LogP contribution is -2.47. The first-order valence-corrected chi connectivity index (χ1v) is 25.9. The summed E-state index contributed by atoms with van der Waals surface area (Å²) in [5.74, 6) is -1.11. The van der Waals surface area contributed by atoms with E-state index < -0.39 is 24.2 Å². The molecule has 0 saturated carbocycles. The summed E-state index contributed by atoms with van der Waals surface area (Å²) < 4.78 is 37.8. The fourth-order valence-electron chi connectivity index (χ4n) is 7.30. The molecule has 1 aromatic heterocycles. The minimum absolute atomic E-state index is 0.0335. The van der Waals surface area contributed by atoms with Crippen LogP contribution >= 0.6 is 11.6 Å². The number of carbonyl (C=O) groups excluding carboxylic acids is 3. The number of ketones is 1. The lowest BCUT2D eigenvalue weighted by molar-refractivity contribution is 0.0745. The lowest BCUT2D eigenvalue weighted by Gasteiger charge is -2.38. The normalized spacial score (nSPS) is 14.5. The Morgan fingerprint density at radius 1 is 0.967 bits per heavy atom. The average molecular weight is 885 g/mol. The van der Waals surface area contributed by atoms with Crippen LogP contribution in [0.4, 0.5) is 0 Å². The number of aromatic nitrogens is 2. The molecule has 2 amide bonds. The Hall–Kier alpha value is -4.66. The Morgan fingerprint density at radius 2 is 1.67 bits per heavy atom. The minimum Gasteiger partial charge on any atom is -0.415 e. The number of amides is 2. The van der Waals surface area contributed by atoms with E-state index in [1.54, 1.807) is 48.1 Å². The fraction of sp³-hybridized carbons (Fsp3) is 0.404. The highest BCUT2D eigenvalue weighted by Crippen LogP contribution is 2.37. The summed E-state index contributed by atoms with van der Waals surface area (Å²) in [6, 6.07) is 19.8. The number of aryl methyl sites for hydroxylation is 1. The van der Waals surface area contributed by atoms with E-state index in [2.05, 4.69) is 57.8 Å². The van der Waals surface area contributed by atoms with Crippen molar-refractivity contribution in [1.29, 1.82) is 0 Å². The van der Waals surface area contributed by atoms with Crippen molar-refractivity contribution < 1.29 is 27.2 Å². The van der Waals surface area contributed by atoms with Crippen LogP contribution in [0.15, 0.2) is 83.9 Å². The second-order valence-electron chi connectivity index (χ2n) is 17.5. The summed E-state index contributed by atoms with van der Waals surface area (Å²) in [6.45, 7) is 17.5. The average Bonchev–Trinajstić information content (AvgIpc) is 3.62. The largest absolute Gasteiger partial charge is 0.415 e. The first-order valence-electron chi connectivity index (χ1n) is 21.1. The van der Waals surface area contributed by atoms with Gasteiger partial charge in [0.1, 0.15) is 11.5 Å². The SMILES string of the molecule is CCCCN(CCCC)C(=O)c1cn(C)c(-c2ccc(C(=O)NS(=O)(=O)c3ccc4cccc(Cl)c4c3)cc2C(=O)c2cccc3c2CC(CO[Si](C)(C)C(C)(C)C)NC3)n1. The van der Waals surface area contributed by atoms with Crippen LogP contribution in [0.25, 0.3) is 22.2 Å². The van der Waals surface area contributed by atoms with Crippen LogP contribution < -0.4 is 10.0 Å². The van der Waals surface area contributed by atoms with E-state index in [1.165, 1.54) is 24.3 Å². The highest BCUT2D eigenvalue weighted by molar-refractivity contribution is 7.90. The summed E-state index contributed by atoms with van der Waals surface area (Å²) in [5.41, 5.74) is 3.07. The second kappa shape index (κ2) is 18.8. The molecule has 14 heteroatoms. The molecule has 4 aromatic carbocycles. The number of halogens is 1. The Kier molecular flexibility index (Phi) is 14.1. The molecule has 2 heterocycles. The molecule has 0 bridgehead atoms. The van der Waals surface area contributed by atoms with Gasteiger partial charge >= 0.3 is 0 Å². The van der Waals surface area contributed by atoms with Crippen molar-refractivity contribution in [3.63, 3.8) is 0 Å². The number of sulfonamides is 1. The van der Waals surface area contributed by atoms with E-state index in [-0.39, 0.29) is 44.5 Å². The standard InChI is InChI=1S/C47H58ClN5O6SSi/c1-9-11-23-53(24-12-10-2)46(56)42-29-52(6)44(50-42)37-22-20-32(45(55)51-60(57,58)35-21-19-31-15-14-18-41(48)39(31)27-35)25-40(37)43(54)36-17-13-16-33-28-49-34(26-38(33)36)30-59-61(7,8)47(3,4)5/h13-22,25,27,29,34,49H,9-12,23-24,26,28,30H2,1-8H3,(H,51,55). The zero-order chi connectivity index (χ0) is 44.3. The molecule has 1 aliphatic rings. The van der Waals surface area contributed by atoms with Gasteiger partial charge in [0.05, 0.1) is 4.90 Å². The third-order valence-electron chi connectivity index (χ3n) is 12.1. The minimum atomic E-state index is -4.36. The van der Waals surface area contributed by atoms with Crippen molar-refractivity contribution in [3.05, 3.63) is 118 Å². The summed E-state index contributed by atoms with van der Waals surface area (Å²) in [4.78, 5) is 49.4. The van der Waals surface area contributed by atoms with Gasteiger partial charge in [0.2, 0.25) is 0 Å². The Morgan fingerprint density at radius 3 is 2.36 bits per heavy atom. The van der Waals surface area contributed by atoms with Gasteiger partial charge in [0.25, 0.3) is 21.8 Å². The van der Waals surface area contributed by atoms with E-state index >= 15 is 4.79 Å². The van der Waals surface area contributed by atoms with Gasteiger partial charge in [-0.2, -0.15) is 0 Å². The molecule has 0 fully saturated rings. The third-order valence-corrected chi connectivity index (χ3v) is 18.2. The number of rotatable bonds is 16. The molecule has 11 nitrogen and oxygen atoms in total. The summed E-state index contributed by atoms with van der Waals surface area (Å²) in [7, 11) is -4.64. The van der Waals surface area contributed by atoms with Crippen molar-refractivity contribution in [2.45, 2.75) is 102 Å². The van der Waals surface area contributed by atoms with Gasteiger partial charge in [-0.15, -0.1) is 0 Å². The molecule has 6 rings (SSSR count). The Labute approximate surface area is 366 Å². The van der Waals surface area contributed by atoms with Crippen LogP contribution in [0, 0.1) is 0 Å². The quantitative estimate of drug-likeness (QED) is 0.0739. The topological polar surface area (TPSA) is 140 Å². The molecular formula is C47H58ClN5O6SSi. The summed E-state index contributed by atoms with van der Waals surface area (Å²) in [6.07, 6.45) is 5.82. The van der Waals surface area contributed by atoms with Gasteiger partial charge in [-0.3, -0.25) is 14.4 Å². The molecule has 0 saturated heterocycles. The van der Waals surface area contributed by atoms with Crippen molar-refractivity contribution in [1.82, 2.24) is 24.5 Å². The molecule has 61 heavy (non-hydrogen) atoms. The van der Waals surface area contributed by atoms with Crippen molar-refractivity contribution in [2.75, 3.05) is 19.7 Å². The van der Waals surface area contributed by atoms with E-state index in [0.717, 1.165) is 42.2 Å². The number of fused-ring (bicyclic) bond motifs is 2. The number of nitrogens with one attached hydrogen (secondary N) is 2. The third kappa shape index (κ3) is 10.2. The van der Waals surface area contributed by atoms with Crippen molar-refractivity contribution in [2.24, 2.45) is 7.05 Å². The van der Waals surface area contributed by atoms with Gasteiger partial charge < -0.3 is 19.2 Å². The maximum atomic E-state index is 15.1. The number of unbranched alkanes of at least 4 members (excludes halogenated alkanes) is 2. The molecule has 1 aliphatic heterocycles. The number of nitrogens with zero attached hydrogens (tertiary/aromatic N) is 3. The van der Waals surface area contributed by atoms with Gasteiger partial charge in [-0.05, 0) is 90.3 Å². The maximum Gasteiger partial charge on any atom is 0.274 e. The molecule has 324 valence electrons. The monoisotopic (exact) mass is 883 g/mol. The molecule has 0 aliphatic carbocycles. The van der Waals surface area contributed by atoms with E-state index in [1.807, 2.05) is 23.1 Å². The van der Waals surface area contributed by atoms with E-state index in [0.29, 0.717) is 60.0 Å². The molecule has 0 radical (unpaired) electrons. The molecule has 1 unspecified atom stereocenters. The number of hydrogen-bond donors (Lipinski definition) is 2. The van der Waals surface area contributed by atoms with Crippen LogP contribution in [0.3, 0.4) is 0 Å². The number of imidazole rings is 1. The predicted molar refractivity (Wildman–Crippen MR) is 245 cm³/mol. The number of benzene rings is 4. The van der Waals surface area contributed by atoms with Crippen LogP contribution in [0.5, 0.6) is 0 Å². The Balaban J connectivity index is 1.39. The van der Waals surface area contributed by atoms with Crippen LogP contribution in [0.2, 0.25) is 23.2 Å².